The van der Waals surface area contributed by atoms with Crippen LogP contribution in [0.3, 0.4) is 0 Å². The van der Waals surface area contributed by atoms with Gasteiger partial charge in [0, 0.05) is 0 Å². The number of rotatable bonds is 7. The van der Waals surface area contributed by atoms with E-state index in [-0.39, 0.29) is 23.4 Å². The van der Waals surface area contributed by atoms with Gasteiger partial charge in [0.25, 0.3) is 0 Å². The average Bonchev–Trinajstić information content (AvgIpc) is 2.83. The van der Waals surface area contributed by atoms with E-state index in [1.54, 1.807) is 19.9 Å². The van der Waals surface area contributed by atoms with E-state index in [1.807, 2.05) is 35.2 Å². The van der Waals surface area contributed by atoms with Crippen molar-refractivity contribution >= 4 is 39.3 Å². The predicted octanol–water partition coefficient (Wildman–Crippen LogP) is 3.54. The summed E-state index contributed by atoms with van der Waals surface area (Å²) in [6, 6.07) is 15.2. The van der Waals surface area contributed by atoms with Gasteiger partial charge < -0.3 is 0 Å². The molecule has 3 rings (SSSR count). The van der Waals surface area contributed by atoms with Gasteiger partial charge >= 0.3 is 200 Å². The molecule has 8 nitrogen and oxygen atoms in total. The molecule has 171 valence electrons. The maximum absolute atomic E-state index is 13.4. The second-order valence-electron chi connectivity index (χ2n) is 7.18. The van der Waals surface area contributed by atoms with Crippen molar-refractivity contribution in [3.63, 3.8) is 0 Å². The molecule has 1 aliphatic rings. The maximum atomic E-state index is 13.4. The Kier molecular flexibility index (Phi) is 7.68. The molecule has 33 heavy (non-hydrogen) atoms. The third-order valence-corrected chi connectivity index (χ3v) is 5.93. The molecule has 1 heterocycles. The Bertz CT molecular complexity index is 1140. The minimum absolute atomic E-state index is 0.126. The van der Waals surface area contributed by atoms with Crippen LogP contribution < -0.4 is 0 Å². The van der Waals surface area contributed by atoms with Crippen LogP contribution in [0.1, 0.15) is 30.9 Å². The number of ether oxygens (including phenoxy) is 2. The standard InChI is InChI=1S/C24H23N2O6Se/c1-4-32-24(28)21-20(17-11-8-12-18(13-17)26(29)30)19(23(27)31-3)15(2)25(14-33)22(21)16-9-6-5-7-10-16/h5-13,20H,4,14H2,1-3H3. The molecule has 0 N–H and O–H groups in total. The molecule has 0 fully saturated rings. The summed E-state index contributed by atoms with van der Waals surface area (Å²) in [6.07, 6.45) is 0. The monoisotopic (exact) mass is 515 g/mol. The van der Waals surface area contributed by atoms with Crippen molar-refractivity contribution < 1.29 is 24.0 Å². The number of carbonyl (C=O) groups is 2. The summed E-state index contributed by atoms with van der Waals surface area (Å²) in [6.45, 7) is 3.58. The molecule has 0 spiro atoms. The van der Waals surface area contributed by atoms with Crippen LogP contribution in [0.25, 0.3) is 5.70 Å². The molecule has 0 aliphatic carbocycles. The van der Waals surface area contributed by atoms with E-state index in [0.29, 0.717) is 22.4 Å². The van der Waals surface area contributed by atoms with E-state index < -0.39 is 22.8 Å². The van der Waals surface area contributed by atoms with Gasteiger partial charge in [0.15, 0.2) is 0 Å². The van der Waals surface area contributed by atoms with Gasteiger partial charge in [-0.05, 0) is 0 Å². The Labute approximate surface area is 199 Å². The van der Waals surface area contributed by atoms with Crippen molar-refractivity contribution in [2.45, 2.75) is 19.8 Å². The zero-order valence-electron chi connectivity index (χ0n) is 18.4. The van der Waals surface area contributed by atoms with E-state index >= 15 is 0 Å². The van der Waals surface area contributed by atoms with Crippen molar-refractivity contribution in [3.05, 3.63) is 92.7 Å². The number of hydrogen-bond donors (Lipinski definition) is 0. The van der Waals surface area contributed by atoms with Crippen molar-refractivity contribution in [2.75, 3.05) is 19.2 Å². The fourth-order valence-corrected chi connectivity index (χ4v) is 4.64. The molecule has 2 aromatic rings. The number of benzene rings is 2. The molecule has 1 atom stereocenters. The van der Waals surface area contributed by atoms with Crippen LogP contribution >= 0.6 is 0 Å². The zero-order valence-corrected chi connectivity index (χ0v) is 20.2. The Hall–Kier alpha value is -3.42. The number of nitrogens with zero attached hydrogens (tertiary/aromatic N) is 2. The van der Waals surface area contributed by atoms with Crippen LogP contribution in [-0.2, 0) is 19.1 Å². The van der Waals surface area contributed by atoms with Crippen LogP contribution in [0.15, 0.2) is 71.4 Å². The quantitative estimate of drug-likeness (QED) is 0.241. The second kappa shape index (κ2) is 10.5. The molecule has 1 aliphatic heterocycles. The summed E-state index contributed by atoms with van der Waals surface area (Å²) in [4.78, 5) is 39.1. The molecular formula is C24H23N2O6Se. The van der Waals surface area contributed by atoms with Gasteiger partial charge in [-0.15, -0.1) is 0 Å². The van der Waals surface area contributed by atoms with Crippen LogP contribution in [0.5, 0.6) is 0 Å². The van der Waals surface area contributed by atoms with Gasteiger partial charge in [-0.2, -0.15) is 0 Å². The van der Waals surface area contributed by atoms with Gasteiger partial charge in [0.05, 0.1) is 0 Å². The molecule has 0 amide bonds. The van der Waals surface area contributed by atoms with E-state index in [1.165, 1.54) is 25.3 Å². The molecule has 0 saturated heterocycles. The number of allylic oxidation sites excluding steroid dienone is 1. The van der Waals surface area contributed by atoms with Gasteiger partial charge in [-0.3, -0.25) is 0 Å². The third kappa shape index (κ3) is 4.69. The first-order valence-electron chi connectivity index (χ1n) is 10.2. The number of methoxy groups -OCH3 is 1. The van der Waals surface area contributed by atoms with Gasteiger partial charge in [0.2, 0.25) is 0 Å². The molecule has 0 aromatic heterocycles. The first-order chi connectivity index (χ1) is 15.8. The number of esters is 2. The molecule has 2 aromatic carbocycles. The minimum atomic E-state index is -0.922. The van der Waals surface area contributed by atoms with Gasteiger partial charge in [0.1, 0.15) is 0 Å². The summed E-state index contributed by atoms with van der Waals surface area (Å²) in [5.74, 6) is -2.16. The second-order valence-corrected chi connectivity index (χ2v) is 7.72. The Morgan fingerprint density at radius 2 is 1.79 bits per heavy atom. The number of non-ortho nitro benzene ring substituents is 1. The van der Waals surface area contributed by atoms with Crippen molar-refractivity contribution in [1.29, 1.82) is 0 Å². The third-order valence-electron chi connectivity index (χ3n) is 5.39. The summed E-state index contributed by atoms with van der Waals surface area (Å²) in [7, 11) is 1.26. The van der Waals surface area contributed by atoms with Gasteiger partial charge in [-0.1, -0.05) is 0 Å². The average molecular weight is 514 g/mol. The number of hydrogen-bond acceptors (Lipinski definition) is 7. The molecular weight excluding hydrogens is 491 g/mol. The zero-order chi connectivity index (χ0) is 24.1. The van der Waals surface area contributed by atoms with Crippen molar-refractivity contribution in [3.8, 4) is 0 Å². The Morgan fingerprint density at radius 1 is 1.09 bits per heavy atom. The summed E-state index contributed by atoms with van der Waals surface area (Å²) >= 11 is 2.95. The molecule has 0 bridgehead atoms. The summed E-state index contributed by atoms with van der Waals surface area (Å²) < 4.78 is 10.5. The first-order valence-corrected chi connectivity index (χ1v) is 11.4. The fraction of sp³-hybridized carbons (Fsp3) is 0.250. The summed E-state index contributed by atoms with van der Waals surface area (Å²) in [5, 5.41) is 11.5. The van der Waals surface area contributed by atoms with Crippen molar-refractivity contribution in [2.24, 2.45) is 0 Å². The van der Waals surface area contributed by atoms with E-state index in [0.717, 1.165) is 5.56 Å². The van der Waals surface area contributed by atoms with Crippen molar-refractivity contribution in [1.82, 2.24) is 4.90 Å². The fourth-order valence-electron chi connectivity index (χ4n) is 3.97. The molecule has 9 heteroatoms. The van der Waals surface area contributed by atoms with Gasteiger partial charge in [-0.25, -0.2) is 0 Å². The number of nitro groups is 1. The normalized spacial score (nSPS) is 16.0. The van der Waals surface area contributed by atoms with Crippen LogP contribution in [0, 0.1) is 10.1 Å². The predicted molar refractivity (Wildman–Crippen MR) is 123 cm³/mol. The Balaban J connectivity index is 2.43. The van der Waals surface area contributed by atoms with Crippen LogP contribution in [-0.4, -0.2) is 56.9 Å². The van der Waals surface area contributed by atoms with E-state index in [2.05, 4.69) is 16.0 Å². The van der Waals surface area contributed by atoms with Crippen LogP contribution in [0.4, 0.5) is 5.69 Å². The number of carbonyl (C=O) groups excluding carboxylic acids is 2. The number of nitro benzene ring substituents is 1. The molecule has 1 radical (unpaired) electrons. The topological polar surface area (TPSA) is 99.0 Å². The molecule has 0 saturated carbocycles. The SMILES string of the molecule is CCOC(=O)C1=C(c2ccccc2)N(C[Se])C(C)=C(C(=O)OC)C1c1cccc([N+](=O)[O-])c1. The van der Waals surface area contributed by atoms with Crippen LogP contribution in [0.2, 0.25) is 0 Å². The molecule has 1 unspecified atom stereocenters. The Morgan fingerprint density at radius 3 is 2.36 bits per heavy atom. The van der Waals surface area contributed by atoms with E-state index in [9.17, 15) is 19.7 Å². The van der Waals surface area contributed by atoms with E-state index in [4.69, 9.17) is 9.47 Å². The summed E-state index contributed by atoms with van der Waals surface area (Å²) in [5.41, 5.74) is 2.93. The first kappa shape index (κ1) is 24.2.